The molecule has 1 aromatic heterocycles. The number of nitrogens with one attached hydrogen (secondary N) is 1. The summed E-state index contributed by atoms with van der Waals surface area (Å²) >= 11 is 0. The Balaban J connectivity index is 1.74. The largest absolute Gasteiger partial charge is 0.468 e. The number of furan rings is 1. The van der Waals surface area contributed by atoms with Crippen LogP contribution in [0.3, 0.4) is 0 Å². The SMILES string of the molecule is NCC(NCCC1CC1)c1ccco1. The van der Waals surface area contributed by atoms with Crippen molar-refractivity contribution >= 4 is 0 Å². The van der Waals surface area contributed by atoms with Crippen LogP contribution in [0.2, 0.25) is 0 Å². The van der Waals surface area contributed by atoms with E-state index in [9.17, 15) is 0 Å². The highest BCUT2D eigenvalue weighted by Crippen LogP contribution is 2.31. The molecule has 0 aliphatic heterocycles. The van der Waals surface area contributed by atoms with Gasteiger partial charge in [-0.3, -0.25) is 0 Å². The van der Waals surface area contributed by atoms with Crippen LogP contribution < -0.4 is 11.1 Å². The van der Waals surface area contributed by atoms with Crippen molar-refractivity contribution in [1.82, 2.24) is 5.32 Å². The average Bonchev–Trinajstić information content (AvgIpc) is 2.86. The molecule has 14 heavy (non-hydrogen) atoms. The minimum Gasteiger partial charge on any atom is -0.468 e. The lowest BCUT2D eigenvalue weighted by Gasteiger charge is -2.13. The predicted octanol–water partition coefficient (Wildman–Crippen LogP) is 1.67. The van der Waals surface area contributed by atoms with Crippen molar-refractivity contribution < 1.29 is 4.42 Å². The summed E-state index contributed by atoms with van der Waals surface area (Å²) in [6.07, 6.45) is 5.79. The summed E-state index contributed by atoms with van der Waals surface area (Å²) in [6.45, 7) is 1.64. The molecular formula is C11H18N2O. The minimum absolute atomic E-state index is 0.184. The number of hydrogen-bond acceptors (Lipinski definition) is 3. The van der Waals surface area contributed by atoms with Crippen LogP contribution in [0.15, 0.2) is 22.8 Å². The van der Waals surface area contributed by atoms with Gasteiger partial charge in [0.05, 0.1) is 12.3 Å². The summed E-state index contributed by atoms with van der Waals surface area (Å²) in [5.41, 5.74) is 5.67. The van der Waals surface area contributed by atoms with E-state index in [2.05, 4.69) is 5.32 Å². The molecule has 78 valence electrons. The molecule has 0 aromatic carbocycles. The molecule has 1 heterocycles. The van der Waals surface area contributed by atoms with Crippen molar-refractivity contribution in [2.75, 3.05) is 13.1 Å². The molecule has 0 radical (unpaired) electrons. The molecule has 2 rings (SSSR count). The van der Waals surface area contributed by atoms with Crippen molar-refractivity contribution in [1.29, 1.82) is 0 Å². The summed E-state index contributed by atoms with van der Waals surface area (Å²) in [5.74, 6) is 1.92. The van der Waals surface area contributed by atoms with Gasteiger partial charge in [0.2, 0.25) is 0 Å². The normalized spacial score (nSPS) is 18.4. The molecule has 1 aromatic rings. The Kier molecular flexibility index (Phi) is 3.22. The zero-order valence-corrected chi connectivity index (χ0v) is 8.41. The molecular weight excluding hydrogens is 176 g/mol. The second-order valence-corrected chi connectivity index (χ2v) is 3.99. The number of hydrogen-bond donors (Lipinski definition) is 2. The zero-order valence-electron chi connectivity index (χ0n) is 8.41. The first-order valence-corrected chi connectivity index (χ1v) is 5.37. The standard InChI is InChI=1S/C11H18N2O/c12-8-10(11-2-1-7-14-11)13-6-5-9-3-4-9/h1-2,7,9-10,13H,3-6,8,12H2. The Labute approximate surface area is 84.7 Å². The Bertz CT molecular complexity index is 254. The molecule has 1 atom stereocenters. The first-order chi connectivity index (χ1) is 6.90. The lowest BCUT2D eigenvalue weighted by molar-refractivity contribution is 0.411. The molecule has 1 aliphatic carbocycles. The maximum absolute atomic E-state index is 5.67. The second-order valence-electron chi connectivity index (χ2n) is 3.99. The van der Waals surface area contributed by atoms with E-state index in [0.717, 1.165) is 18.2 Å². The van der Waals surface area contributed by atoms with Gasteiger partial charge in [-0.25, -0.2) is 0 Å². The summed E-state index contributed by atoms with van der Waals surface area (Å²) in [4.78, 5) is 0. The molecule has 0 amide bonds. The summed E-state index contributed by atoms with van der Waals surface area (Å²) < 4.78 is 5.32. The molecule has 0 saturated heterocycles. The molecule has 3 N–H and O–H groups in total. The van der Waals surface area contributed by atoms with Crippen molar-refractivity contribution in [3.8, 4) is 0 Å². The van der Waals surface area contributed by atoms with Gasteiger partial charge in [-0.2, -0.15) is 0 Å². The first kappa shape index (κ1) is 9.74. The van der Waals surface area contributed by atoms with Crippen LogP contribution in [0, 0.1) is 5.92 Å². The van der Waals surface area contributed by atoms with E-state index in [1.165, 1.54) is 19.3 Å². The van der Waals surface area contributed by atoms with Crippen molar-refractivity contribution in [2.24, 2.45) is 11.7 Å². The minimum atomic E-state index is 0.184. The molecule has 0 bridgehead atoms. The fourth-order valence-electron chi connectivity index (χ4n) is 1.66. The third-order valence-corrected chi connectivity index (χ3v) is 2.76. The maximum Gasteiger partial charge on any atom is 0.121 e. The van der Waals surface area contributed by atoms with E-state index in [0.29, 0.717) is 6.54 Å². The van der Waals surface area contributed by atoms with Gasteiger partial charge >= 0.3 is 0 Å². The highest BCUT2D eigenvalue weighted by Gasteiger charge is 2.21. The van der Waals surface area contributed by atoms with E-state index in [1.807, 2.05) is 12.1 Å². The molecule has 1 unspecified atom stereocenters. The zero-order chi connectivity index (χ0) is 9.80. The van der Waals surface area contributed by atoms with Gasteiger partial charge in [0.1, 0.15) is 5.76 Å². The Morgan fingerprint density at radius 1 is 1.57 bits per heavy atom. The summed E-state index contributed by atoms with van der Waals surface area (Å²) in [5, 5.41) is 3.42. The molecule has 1 fully saturated rings. The maximum atomic E-state index is 5.67. The van der Waals surface area contributed by atoms with Crippen molar-refractivity contribution in [3.05, 3.63) is 24.2 Å². The van der Waals surface area contributed by atoms with Crippen LogP contribution in [0.1, 0.15) is 31.1 Å². The van der Waals surface area contributed by atoms with Gasteiger partial charge in [0, 0.05) is 6.54 Å². The molecule has 1 saturated carbocycles. The Morgan fingerprint density at radius 2 is 2.43 bits per heavy atom. The van der Waals surface area contributed by atoms with E-state index in [4.69, 9.17) is 10.2 Å². The summed E-state index contributed by atoms with van der Waals surface area (Å²) in [7, 11) is 0. The number of nitrogens with two attached hydrogens (primary N) is 1. The van der Waals surface area contributed by atoms with Crippen LogP contribution in [0.25, 0.3) is 0 Å². The van der Waals surface area contributed by atoms with Crippen LogP contribution in [-0.2, 0) is 0 Å². The first-order valence-electron chi connectivity index (χ1n) is 5.37. The van der Waals surface area contributed by atoms with Crippen molar-refractivity contribution in [3.63, 3.8) is 0 Å². The highest BCUT2D eigenvalue weighted by atomic mass is 16.3. The van der Waals surface area contributed by atoms with Gasteiger partial charge in [0.15, 0.2) is 0 Å². The smallest absolute Gasteiger partial charge is 0.121 e. The van der Waals surface area contributed by atoms with Crippen LogP contribution in [-0.4, -0.2) is 13.1 Å². The van der Waals surface area contributed by atoms with Gasteiger partial charge < -0.3 is 15.5 Å². The highest BCUT2D eigenvalue weighted by molar-refractivity contribution is 5.04. The monoisotopic (exact) mass is 194 g/mol. The Hall–Kier alpha value is -0.800. The fourth-order valence-corrected chi connectivity index (χ4v) is 1.66. The molecule has 0 spiro atoms. The fraction of sp³-hybridized carbons (Fsp3) is 0.636. The van der Waals surface area contributed by atoms with E-state index >= 15 is 0 Å². The average molecular weight is 194 g/mol. The van der Waals surface area contributed by atoms with Crippen LogP contribution >= 0.6 is 0 Å². The Morgan fingerprint density at radius 3 is 3.00 bits per heavy atom. The third-order valence-electron chi connectivity index (χ3n) is 2.76. The lowest BCUT2D eigenvalue weighted by Crippen LogP contribution is -2.28. The number of rotatable bonds is 6. The second kappa shape index (κ2) is 4.62. The van der Waals surface area contributed by atoms with E-state index in [1.54, 1.807) is 6.26 Å². The van der Waals surface area contributed by atoms with E-state index in [-0.39, 0.29) is 6.04 Å². The third kappa shape index (κ3) is 2.59. The van der Waals surface area contributed by atoms with Gasteiger partial charge in [-0.15, -0.1) is 0 Å². The van der Waals surface area contributed by atoms with Gasteiger partial charge in [-0.1, -0.05) is 12.8 Å². The van der Waals surface area contributed by atoms with Crippen LogP contribution in [0.5, 0.6) is 0 Å². The molecule has 1 aliphatic rings. The lowest BCUT2D eigenvalue weighted by atomic mass is 10.2. The molecule has 3 nitrogen and oxygen atoms in total. The van der Waals surface area contributed by atoms with Gasteiger partial charge in [0.25, 0.3) is 0 Å². The quantitative estimate of drug-likeness (QED) is 0.724. The van der Waals surface area contributed by atoms with Gasteiger partial charge in [-0.05, 0) is 31.0 Å². The van der Waals surface area contributed by atoms with Crippen LogP contribution in [0.4, 0.5) is 0 Å². The molecule has 3 heteroatoms. The van der Waals surface area contributed by atoms with Crippen molar-refractivity contribution in [2.45, 2.75) is 25.3 Å². The predicted molar refractivity (Wildman–Crippen MR) is 55.8 cm³/mol. The van der Waals surface area contributed by atoms with E-state index < -0.39 is 0 Å². The summed E-state index contributed by atoms with van der Waals surface area (Å²) in [6, 6.07) is 4.06. The topological polar surface area (TPSA) is 51.2 Å².